The maximum absolute atomic E-state index is 11.6. The van der Waals surface area contributed by atoms with Crippen LogP contribution < -0.4 is 0 Å². The summed E-state index contributed by atoms with van der Waals surface area (Å²) in [5.74, 6) is 0.183. The van der Waals surface area contributed by atoms with Crippen LogP contribution in [0.25, 0.3) is 0 Å². The Bertz CT molecular complexity index is 265. The zero-order chi connectivity index (χ0) is 11.6. The fraction of sp³-hybridized carbons (Fsp3) is 0.900. The van der Waals surface area contributed by atoms with Gasteiger partial charge in [0.05, 0.1) is 6.04 Å². The van der Waals surface area contributed by atoms with E-state index in [1.54, 1.807) is 4.90 Å². The Hall–Kier alpha value is -1.13. The van der Waals surface area contributed by atoms with Crippen molar-refractivity contribution in [1.82, 2.24) is 4.90 Å². The fourth-order valence-corrected chi connectivity index (χ4v) is 2.13. The highest BCUT2D eigenvalue weighted by Gasteiger charge is 2.37. The lowest BCUT2D eigenvalue weighted by molar-refractivity contribution is -0.487. The second-order valence-electron chi connectivity index (χ2n) is 4.52. The maximum Gasteiger partial charge on any atom is 0.224 e. The second-order valence-corrected chi connectivity index (χ2v) is 4.52. The van der Waals surface area contributed by atoms with E-state index < -0.39 is 0 Å². The molecule has 15 heavy (non-hydrogen) atoms. The number of carbonyl (C=O) groups is 1. The molecular weight excluding hydrogens is 196 g/mol. The Morgan fingerprint density at radius 3 is 2.53 bits per heavy atom. The van der Waals surface area contributed by atoms with E-state index in [4.69, 9.17) is 0 Å². The topological polar surface area (TPSA) is 63.5 Å². The van der Waals surface area contributed by atoms with Gasteiger partial charge in [0.2, 0.25) is 12.5 Å². The summed E-state index contributed by atoms with van der Waals surface area (Å²) in [7, 11) is 0. The lowest BCUT2D eigenvalue weighted by Crippen LogP contribution is -2.47. The third kappa shape index (κ3) is 2.67. The van der Waals surface area contributed by atoms with E-state index in [9.17, 15) is 14.9 Å². The quantitative estimate of drug-likeness (QED) is 0.523. The molecule has 1 amide bonds. The molecule has 5 nitrogen and oxygen atoms in total. The van der Waals surface area contributed by atoms with E-state index in [0.29, 0.717) is 6.42 Å². The molecule has 5 heteroatoms. The van der Waals surface area contributed by atoms with Crippen molar-refractivity contribution < 1.29 is 9.72 Å². The van der Waals surface area contributed by atoms with Gasteiger partial charge in [-0.1, -0.05) is 13.8 Å². The molecule has 1 rings (SSSR count). The van der Waals surface area contributed by atoms with Crippen LogP contribution in [-0.2, 0) is 4.79 Å². The van der Waals surface area contributed by atoms with Gasteiger partial charge in [-0.05, 0) is 19.3 Å². The summed E-state index contributed by atoms with van der Waals surface area (Å²) in [6.45, 7) is 5.66. The predicted molar refractivity (Wildman–Crippen MR) is 56.0 cm³/mol. The Morgan fingerprint density at radius 1 is 1.60 bits per heavy atom. The van der Waals surface area contributed by atoms with Crippen molar-refractivity contribution in [2.24, 2.45) is 5.92 Å². The van der Waals surface area contributed by atoms with Crippen LogP contribution in [0.5, 0.6) is 0 Å². The van der Waals surface area contributed by atoms with E-state index in [0.717, 1.165) is 6.42 Å². The number of nitro groups is 1. The van der Waals surface area contributed by atoms with Gasteiger partial charge in [-0.25, -0.2) is 0 Å². The molecule has 1 aliphatic rings. The molecule has 1 aliphatic heterocycles. The molecule has 0 saturated carbocycles. The van der Waals surface area contributed by atoms with Crippen LogP contribution in [0.1, 0.15) is 33.6 Å². The summed E-state index contributed by atoms with van der Waals surface area (Å²) in [4.78, 5) is 23.5. The third-order valence-electron chi connectivity index (χ3n) is 3.00. The van der Waals surface area contributed by atoms with Gasteiger partial charge in [0, 0.05) is 17.4 Å². The van der Waals surface area contributed by atoms with Crippen LogP contribution in [0, 0.1) is 16.0 Å². The molecule has 1 fully saturated rings. The normalized spacial score (nSPS) is 23.6. The molecule has 0 spiro atoms. The van der Waals surface area contributed by atoms with Gasteiger partial charge in [-0.15, -0.1) is 0 Å². The highest BCUT2D eigenvalue weighted by atomic mass is 16.6. The van der Waals surface area contributed by atoms with Crippen molar-refractivity contribution in [2.75, 3.05) is 6.54 Å². The zero-order valence-electron chi connectivity index (χ0n) is 9.47. The monoisotopic (exact) mass is 214 g/mol. The predicted octanol–water partition coefficient (Wildman–Crippen LogP) is 1.30. The highest BCUT2D eigenvalue weighted by molar-refractivity contribution is 5.79. The number of carbonyl (C=O) groups excluding carboxylic acids is 1. The third-order valence-corrected chi connectivity index (χ3v) is 3.00. The van der Waals surface area contributed by atoms with Gasteiger partial charge < -0.3 is 4.90 Å². The van der Waals surface area contributed by atoms with E-state index in [-0.39, 0.29) is 35.4 Å². The summed E-state index contributed by atoms with van der Waals surface area (Å²) in [6, 6.07) is -0.116. The standard InChI is InChI=1S/C10H18N2O3/c1-7(2)9(6-11(14)15)12-8(3)4-5-10(12)13/h7-9H,4-6H2,1-3H3/t8-,9+/m1/s1. The van der Waals surface area contributed by atoms with Gasteiger partial charge in [0.1, 0.15) is 0 Å². The molecule has 0 aromatic heterocycles. The van der Waals surface area contributed by atoms with Gasteiger partial charge in [0.15, 0.2) is 0 Å². The summed E-state index contributed by atoms with van der Waals surface area (Å²) in [5, 5.41) is 10.6. The molecule has 0 aliphatic carbocycles. The number of hydrogen-bond acceptors (Lipinski definition) is 3. The van der Waals surface area contributed by atoms with Gasteiger partial charge in [0.25, 0.3) is 0 Å². The SMILES string of the molecule is CC(C)[C@H](C[N+](=O)[O-])N1C(=O)CC[C@H]1C. The molecule has 0 N–H and O–H groups in total. The summed E-state index contributed by atoms with van der Waals surface area (Å²) >= 11 is 0. The zero-order valence-corrected chi connectivity index (χ0v) is 9.47. The van der Waals surface area contributed by atoms with Crippen LogP contribution >= 0.6 is 0 Å². The average Bonchev–Trinajstić information content (AvgIpc) is 2.42. The largest absolute Gasteiger partial charge is 0.330 e. The number of amides is 1. The minimum atomic E-state index is -0.330. The van der Waals surface area contributed by atoms with Gasteiger partial charge >= 0.3 is 0 Å². The fourth-order valence-electron chi connectivity index (χ4n) is 2.13. The summed E-state index contributed by atoms with van der Waals surface area (Å²) in [6.07, 6.45) is 1.35. The first-order valence-electron chi connectivity index (χ1n) is 5.36. The Kier molecular flexibility index (Phi) is 3.66. The van der Waals surface area contributed by atoms with Crippen molar-refractivity contribution in [3.63, 3.8) is 0 Å². The Morgan fingerprint density at radius 2 is 2.20 bits per heavy atom. The van der Waals surface area contributed by atoms with E-state index >= 15 is 0 Å². The maximum atomic E-state index is 11.6. The van der Waals surface area contributed by atoms with Crippen molar-refractivity contribution >= 4 is 5.91 Å². The lowest BCUT2D eigenvalue weighted by Gasteiger charge is -2.31. The van der Waals surface area contributed by atoms with E-state index in [1.165, 1.54) is 0 Å². The van der Waals surface area contributed by atoms with Gasteiger partial charge in [-0.2, -0.15) is 0 Å². The Balaban J connectivity index is 2.78. The van der Waals surface area contributed by atoms with Crippen LogP contribution in [0.3, 0.4) is 0 Å². The lowest BCUT2D eigenvalue weighted by atomic mass is 10.0. The molecule has 0 unspecified atom stereocenters. The van der Waals surface area contributed by atoms with Crippen molar-refractivity contribution in [1.29, 1.82) is 0 Å². The Labute approximate surface area is 89.6 Å². The van der Waals surface area contributed by atoms with Crippen LogP contribution in [0.15, 0.2) is 0 Å². The number of hydrogen-bond donors (Lipinski definition) is 0. The minimum Gasteiger partial charge on any atom is -0.330 e. The first kappa shape index (κ1) is 11.9. The summed E-state index contributed by atoms with van der Waals surface area (Å²) < 4.78 is 0. The highest BCUT2D eigenvalue weighted by Crippen LogP contribution is 2.24. The molecule has 1 saturated heterocycles. The number of likely N-dealkylation sites (tertiary alicyclic amines) is 1. The van der Waals surface area contributed by atoms with E-state index in [1.807, 2.05) is 20.8 Å². The number of rotatable bonds is 4. The molecule has 0 radical (unpaired) electrons. The van der Waals surface area contributed by atoms with Crippen LogP contribution in [0.4, 0.5) is 0 Å². The molecule has 0 aromatic rings. The minimum absolute atomic E-state index is 0.0584. The molecule has 0 bridgehead atoms. The van der Waals surface area contributed by atoms with Crippen LogP contribution in [0.2, 0.25) is 0 Å². The molecular formula is C10H18N2O3. The van der Waals surface area contributed by atoms with E-state index in [2.05, 4.69) is 0 Å². The van der Waals surface area contributed by atoms with Crippen molar-refractivity contribution in [3.05, 3.63) is 10.1 Å². The number of nitrogens with zero attached hydrogens (tertiary/aromatic N) is 2. The van der Waals surface area contributed by atoms with Crippen LogP contribution in [-0.4, -0.2) is 34.4 Å². The van der Waals surface area contributed by atoms with Gasteiger partial charge in [-0.3, -0.25) is 14.9 Å². The molecule has 0 aromatic carbocycles. The van der Waals surface area contributed by atoms with Crippen molar-refractivity contribution in [3.8, 4) is 0 Å². The first-order chi connectivity index (χ1) is 6.93. The van der Waals surface area contributed by atoms with Crippen molar-refractivity contribution in [2.45, 2.75) is 45.7 Å². The second kappa shape index (κ2) is 4.59. The molecule has 2 atom stereocenters. The first-order valence-corrected chi connectivity index (χ1v) is 5.36. The molecule has 86 valence electrons. The summed E-state index contributed by atoms with van der Waals surface area (Å²) in [5.41, 5.74) is 0. The smallest absolute Gasteiger partial charge is 0.224 e. The average molecular weight is 214 g/mol. The molecule has 1 heterocycles.